The summed E-state index contributed by atoms with van der Waals surface area (Å²) in [5, 5.41) is 0. The van der Waals surface area contributed by atoms with Crippen LogP contribution < -0.4 is 0 Å². The molecule has 21 heavy (non-hydrogen) atoms. The van der Waals surface area contributed by atoms with Gasteiger partial charge in [0.1, 0.15) is 0 Å². The summed E-state index contributed by atoms with van der Waals surface area (Å²) in [6.45, 7) is 4.26. The summed E-state index contributed by atoms with van der Waals surface area (Å²) in [6, 6.07) is 17.6. The van der Waals surface area contributed by atoms with Crippen LogP contribution >= 0.6 is 0 Å². The number of ether oxygens (including phenoxy) is 1. The fraction of sp³-hybridized carbons (Fsp3) is 0.400. The minimum atomic E-state index is 0.340. The van der Waals surface area contributed by atoms with Gasteiger partial charge in [-0.05, 0) is 50.7 Å². The van der Waals surface area contributed by atoms with Crippen LogP contribution in [0.4, 0.5) is 0 Å². The number of hydrogen-bond acceptors (Lipinski definition) is 1. The zero-order valence-electron chi connectivity index (χ0n) is 13.4. The van der Waals surface area contributed by atoms with Crippen LogP contribution in [0.1, 0.15) is 35.1 Å². The summed E-state index contributed by atoms with van der Waals surface area (Å²) in [5.74, 6) is 0. The molecule has 0 heterocycles. The molecule has 0 aromatic heterocycles. The second-order valence-electron chi connectivity index (χ2n) is 5.91. The van der Waals surface area contributed by atoms with E-state index in [1.54, 1.807) is 0 Å². The third-order valence-electron chi connectivity index (χ3n) is 4.08. The molecule has 2 aromatic carbocycles. The van der Waals surface area contributed by atoms with Crippen LogP contribution in [0, 0.1) is 13.8 Å². The molecule has 1 nitrogen and oxygen atoms in total. The molecule has 0 N–H and O–H groups in total. The van der Waals surface area contributed by atoms with E-state index in [0.717, 1.165) is 25.7 Å². The van der Waals surface area contributed by atoms with E-state index in [4.69, 9.17) is 4.74 Å². The SMILES string of the molecule is COC(CCc1ccc(C)cc1)CCc1ccc(C)cc1. The molecule has 0 radical (unpaired) electrons. The number of aryl methyl sites for hydroxylation is 4. The molecule has 0 amide bonds. The zero-order valence-corrected chi connectivity index (χ0v) is 13.4. The number of benzene rings is 2. The van der Waals surface area contributed by atoms with Crippen molar-refractivity contribution in [2.75, 3.05) is 7.11 Å². The molecule has 1 heteroatoms. The standard InChI is InChI=1S/C20H26O/c1-16-4-8-18(9-5-16)12-14-20(21-3)15-13-19-10-6-17(2)7-11-19/h4-11,20H,12-15H2,1-3H3. The lowest BCUT2D eigenvalue weighted by Gasteiger charge is -2.15. The molecule has 0 spiro atoms. The van der Waals surface area contributed by atoms with E-state index >= 15 is 0 Å². The predicted molar refractivity (Wildman–Crippen MR) is 89.8 cm³/mol. The summed E-state index contributed by atoms with van der Waals surface area (Å²) in [7, 11) is 1.83. The van der Waals surface area contributed by atoms with Gasteiger partial charge in [0.15, 0.2) is 0 Å². The number of methoxy groups -OCH3 is 1. The van der Waals surface area contributed by atoms with Crippen molar-refractivity contribution in [1.82, 2.24) is 0 Å². The van der Waals surface area contributed by atoms with Crippen LogP contribution in [0.5, 0.6) is 0 Å². The Morgan fingerprint density at radius 1 is 0.714 bits per heavy atom. The Kier molecular flexibility index (Phi) is 6.01. The van der Waals surface area contributed by atoms with Gasteiger partial charge in [-0.25, -0.2) is 0 Å². The topological polar surface area (TPSA) is 9.23 Å². The average Bonchev–Trinajstić information content (AvgIpc) is 2.51. The van der Waals surface area contributed by atoms with Crippen molar-refractivity contribution in [3.05, 3.63) is 70.8 Å². The Morgan fingerprint density at radius 2 is 1.10 bits per heavy atom. The van der Waals surface area contributed by atoms with Crippen molar-refractivity contribution in [3.8, 4) is 0 Å². The molecule has 2 aromatic rings. The molecule has 0 bridgehead atoms. The summed E-state index contributed by atoms with van der Waals surface area (Å²) < 4.78 is 5.64. The van der Waals surface area contributed by atoms with Crippen molar-refractivity contribution in [1.29, 1.82) is 0 Å². The largest absolute Gasteiger partial charge is 0.381 e. The molecule has 0 atom stereocenters. The first-order valence-corrected chi connectivity index (χ1v) is 7.81. The molecule has 0 aliphatic heterocycles. The highest BCUT2D eigenvalue weighted by Crippen LogP contribution is 2.14. The van der Waals surface area contributed by atoms with Gasteiger partial charge in [-0.2, -0.15) is 0 Å². The van der Waals surface area contributed by atoms with Crippen molar-refractivity contribution in [2.24, 2.45) is 0 Å². The van der Waals surface area contributed by atoms with Gasteiger partial charge in [-0.1, -0.05) is 59.7 Å². The maximum Gasteiger partial charge on any atom is 0.0577 e. The summed E-state index contributed by atoms with van der Waals surface area (Å²) >= 11 is 0. The van der Waals surface area contributed by atoms with E-state index in [1.807, 2.05) is 7.11 Å². The van der Waals surface area contributed by atoms with Crippen molar-refractivity contribution < 1.29 is 4.74 Å². The van der Waals surface area contributed by atoms with Gasteiger partial charge in [0.05, 0.1) is 6.10 Å². The van der Waals surface area contributed by atoms with Crippen LogP contribution in [-0.4, -0.2) is 13.2 Å². The van der Waals surface area contributed by atoms with Gasteiger partial charge < -0.3 is 4.74 Å². The highest BCUT2D eigenvalue weighted by molar-refractivity contribution is 5.22. The first-order chi connectivity index (χ1) is 10.2. The molecule has 0 fully saturated rings. The lowest BCUT2D eigenvalue weighted by atomic mass is 10.00. The molecular weight excluding hydrogens is 256 g/mol. The minimum Gasteiger partial charge on any atom is -0.381 e. The minimum absolute atomic E-state index is 0.340. The van der Waals surface area contributed by atoms with Gasteiger partial charge in [0, 0.05) is 7.11 Å². The van der Waals surface area contributed by atoms with Gasteiger partial charge in [0.25, 0.3) is 0 Å². The highest BCUT2D eigenvalue weighted by atomic mass is 16.5. The lowest BCUT2D eigenvalue weighted by Crippen LogP contribution is -2.13. The maximum absolute atomic E-state index is 5.64. The van der Waals surface area contributed by atoms with Gasteiger partial charge >= 0.3 is 0 Å². The van der Waals surface area contributed by atoms with E-state index in [0.29, 0.717) is 6.10 Å². The van der Waals surface area contributed by atoms with E-state index in [9.17, 15) is 0 Å². The summed E-state index contributed by atoms with van der Waals surface area (Å²) in [5.41, 5.74) is 5.44. The first kappa shape index (κ1) is 15.8. The second kappa shape index (κ2) is 7.99. The monoisotopic (exact) mass is 282 g/mol. The Bertz CT molecular complexity index is 475. The van der Waals surface area contributed by atoms with Crippen molar-refractivity contribution in [2.45, 2.75) is 45.6 Å². The van der Waals surface area contributed by atoms with Crippen molar-refractivity contribution in [3.63, 3.8) is 0 Å². The van der Waals surface area contributed by atoms with Crippen LogP contribution in [0.25, 0.3) is 0 Å². The fourth-order valence-corrected chi connectivity index (χ4v) is 2.54. The van der Waals surface area contributed by atoms with Crippen LogP contribution in [0.2, 0.25) is 0 Å². The molecule has 112 valence electrons. The lowest BCUT2D eigenvalue weighted by molar-refractivity contribution is 0.0885. The van der Waals surface area contributed by atoms with Crippen LogP contribution in [-0.2, 0) is 17.6 Å². The van der Waals surface area contributed by atoms with E-state index in [-0.39, 0.29) is 0 Å². The first-order valence-electron chi connectivity index (χ1n) is 7.81. The van der Waals surface area contributed by atoms with Crippen molar-refractivity contribution >= 4 is 0 Å². The molecule has 0 saturated carbocycles. The third kappa shape index (κ3) is 5.35. The zero-order chi connectivity index (χ0) is 15.1. The Labute approximate surface area is 129 Å². The third-order valence-corrected chi connectivity index (χ3v) is 4.08. The molecule has 0 aliphatic carbocycles. The maximum atomic E-state index is 5.64. The average molecular weight is 282 g/mol. The number of rotatable bonds is 7. The summed E-state index contributed by atoms with van der Waals surface area (Å²) in [4.78, 5) is 0. The smallest absolute Gasteiger partial charge is 0.0577 e. The quantitative estimate of drug-likeness (QED) is 0.703. The Hall–Kier alpha value is -1.60. The van der Waals surface area contributed by atoms with E-state index < -0.39 is 0 Å². The fourth-order valence-electron chi connectivity index (χ4n) is 2.54. The molecule has 2 rings (SSSR count). The highest BCUT2D eigenvalue weighted by Gasteiger charge is 2.08. The Morgan fingerprint density at radius 3 is 1.43 bits per heavy atom. The molecular formula is C20H26O. The molecule has 0 saturated heterocycles. The number of hydrogen-bond donors (Lipinski definition) is 0. The van der Waals surface area contributed by atoms with E-state index in [2.05, 4.69) is 62.4 Å². The van der Waals surface area contributed by atoms with Gasteiger partial charge in [0.2, 0.25) is 0 Å². The van der Waals surface area contributed by atoms with Gasteiger partial charge in [-0.3, -0.25) is 0 Å². The molecule has 0 unspecified atom stereocenters. The van der Waals surface area contributed by atoms with E-state index in [1.165, 1.54) is 22.3 Å². The normalized spacial score (nSPS) is 11.0. The van der Waals surface area contributed by atoms with Gasteiger partial charge in [-0.15, -0.1) is 0 Å². The molecule has 0 aliphatic rings. The van der Waals surface area contributed by atoms with Crippen LogP contribution in [0.15, 0.2) is 48.5 Å². The second-order valence-corrected chi connectivity index (χ2v) is 5.91. The predicted octanol–water partition coefficient (Wildman–Crippen LogP) is 4.88. The summed E-state index contributed by atoms with van der Waals surface area (Å²) in [6.07, 6.45) is 4.70. The Balaban J connectivity index is 1.80. The van der Waals surface area contributed by atoms with Crippen LogP contribution in [0.3, 0.4) is 0 Å².